The van der Waals surface area contributed by atoms with Crippen LogP contribution in [-0.4, -0.2) is 48.8 Å². The molecule has 2 rings (SSSR count). The zero-order valence-corrected chi connectivity index (χ0v) is 11.9. The molecular formula is C9H14BrN3O3S. The summed E-state index contributed by atoms with van der Waals surface area (Å²) in [5.41, 5.74) is 0.663. The summed E-state index contributed by atoms with van der Waals surface area (Å²) in [4.78, 5) is 0. The zero-order chi connectivity index (χ0) is 12.5. The van der Waals surface area contributed by atoms with Gasteiger partial charge in [0.05, 0.1) is 29.6 Å². The van der Waals surface area contributed by atoms with Gasteiger partial charge in [-0.2, -0.15) is 9.40 Å². The van der Waals surface area contributed by atoms with E-state index in [4.69, 9.17) is 4.74 Å². The van der Waals surface area contributed by atoms with E-state index >= 15 is 0 Å². The summed E-state index contributed by atoms with van der Waals surface area (Å²) in [6.07, 6.45) is 1.60. The van der Waals surface area contributed by atoms with Crippen LogP contribution in [0.5, 0.6) is 0 Å². The van der Waals surface area contributed by atoms with Gasteiger partial charge < -0.3 is 4.74 Å². The summed E-state index contributed by atoms with van der Waals surface area (Å²) in [5, 5.41) is 4.01. The molecular weight excluding hydrogens is 310 g/mol. The number of morpholine rings is 1. The summed E-state index contributed by atoms with van der Waals surface area (Å²) in [7, 11) is -1.56. The average Bonchev–Trinajstić information content (AvgIpc) is 2.62. The van der Waals surface area contributed by atoms with Crippen molar-refractivity contribution in [2.24, 2.45) is 7.05 Å². The molecule has 0 aliphatic carbocycles. The quantitative estimate of drug-likeness (QED) is 0.805. The number of sulfonamides is 1. The van der Waals surface area contributed by atoms with Crippen LogP contribution < -0.4 is 0 Å². The van der Waals surface area contributed by atoms with Gasteiger partial charge in [0.1, 0.15) is 5.75 Å². The maximum Gasteiger partial charge on any atom is 0.220 e. The molecule has 0 N–H and O–H groups in total. The number of aryl methyl sites for hydroxylation is 1. The molecule has 8 heteroatoms. The van der Waals surface area contributed by atoms with Gasteiger partial charge in [0.25, 0.3) is 0 Å². The molecule has 6 nitrogen and oxygen atoms in total. The predicted octanol–water partition coefficient (Wildman–Crippen LogP) is 0.345. The number of rotatable bonds is 3. The molecule has 0 saturated carbocycles. The number of hydrogen-bond acceptors (Lipinski definition) is 4. The van der Waals surface area contributed by atoms with Gasteiger partial charge in [0.2, 0.25) is 10.0 Å². The third-order valence-electron chi connectivity index (χ3n) is 2.69. The van der Waals surface area contributed by atoms with E-state index in [9.17, 15) is 8.42 Å². The summed E-state index contributed by atoms with van der Waals surface area (Å²) < 4.78 is 33.2. The van der Waals surface area contributed by atoms with E-state index in [0.29, 0.717) is 32.0 Å². The molecule has 0 atom stereocenters. The molecule has 0 amide bonds. The Hall–Kier alpha value is -0.440. The Morgan fingerprint density at radius 1 is 1.47 bits per heavy atom. The molecule has 1 aliphatic rings. The Labute approximate surface area is 109 Å². The minimum Gasteiger partial charge on any atom is -0.379 e. The van der Waals surface area contributed by atoms with Crippen LogP contribution in [0.15, 0.2) is 10.7 Å². The molecule has 1 fully saturated rings. The molecule has 1 aromatic heterocycles. The van der Waals surface area contributed by atoms with Crippen molar-refractivity contribution in [2.75, 3.05) is 26.3 Å². The van der Waals surface area contributed by atoms with E-state index in [1.54, 1.807) is 17.9 Å². The van der Waals surface area contributed by atoms with E-state index < -0.39 is 10.0 Å². The van der Waals surface area contributed by atoms with Gasteiger partial charge in [-0.05, 0) is 15.9 Å². The van der Waals surface area contributed by atoms with Gasteiger partial charge in [0.15, 0.2) is 0 Å². The smallest absolute Gasteiger partial charge is 0.220 e. The lowest BCUT2D eigenvalue weighted by Crippen LogP contribution is -2.41. The molecule has 2 heterocycles. The monoisotopic (exact) mass is 323 g/mol. The van der Waals surface area contributed by atoms with Crippen molar-refractivity contribution < 1.29 is 13.2 Å². The molecule has 96 valence electrons. The van der Waals surface area contributed by atoms with Crippen LogP contribution in [0.1, 0.15) is 5.69 Å². The first-order valence-electron chi connectivity index (χ1n) is 5.22. The fourth-order valence-electron chi connectivity index (χ4n) is 1.69. The third-order valence-corrected chi connectivity index (χ3v) is 5.15. The second kappa shape index (κ2) is 5.05. The van der Waals surface area contributed by atoms with Crippen molar-refractivity contribution in [3.8, 4) is 0 Å². The van der Waals surface area contributed by atoms with E-state index in [-0.39, 0.29) is 5.75 Å². The number of nitrogens with zero attached hydrogens (tertiary/aromatic N) is 3. The molecule has 17 heavy (non-hydrogen) atoms. The fourth-order valence-corrected chi connectivity index (χ4v) is 3.94. The second-order valence-electron chi connectivity index (χ2n) is 3.83. The van der Waals surface area contributed by atoms with E-state index in [0.717, 1.165) is 4.47 Å². The average molecular weight is 324 g/mol. The standard InChI is InChI=1S/C9H14BrN3O3S/c1-12-9(8(10)6-11-12)7-17(14,15)13-2-4-16-5-3-13/h6H,2-5,7H2,1H3. The minimum absolute atomic E-state index is 0.0376. The van der Waals surface area contributed by atoms with E-state index in [1.165, 1.54) is 4.31 Å². The highest BCUT2D eigenvalue weighted by atomic mass is 79.9. The van der Waals surface area contributed by atoms with Crippen molar-refractivity contribution in [3.63, 3.8) is 0 Å². The summed E-state index contributed by atoms with van der Waals surface area (Å²) in [5.74, 6) is -0.0376. The Morgan fingerprint density at radius 2 is 2.12 bits per heavy atom. The van der Waals surface area contributed by atoms with Gasteiger partial charge in [-0.3, -0.25) is 4.68 Å². The fraction of sp³-hybridized carbons (Fsp3) is 0.667. The van der Waals surface area contributed by atoms with Crippen molar-refractivity contribution in [2.45, 2.75) is 5.75 Å². The molecule has 1 aromatic rings. The van der Waals surface area contributed by atoms with Crippen LogP contribution in [-0.2, 0) is 27.6 Å². The lowest BCUT2D eigenvalue weighted by atomic mass is 10.5. The van der Waals surface area contributed by atoms with Gasteiger partial charge in [-0.1, -0.05) is 0 Å². The van der Waals surface area contributed by atoms with Crippen LogP contribution in [0.4, 0.5) is 0 Å². The van der Waals surface area contributed by atoms with Crippen LogP contribution in [0, 0.1) is 0 Å². The molecule has 0 unspecified atom stereocenters. The number of ether oxygens (including phenoxy) is 1. The number of hydrogen-bond donors (Lipinski definition) is 0. The van der Waals surface area contributed by atoms with Crippen LogP contribution in [0.3, 0.4) is 0 Å². The first kappa shape index (κ1) is 13.0. The van der Waals surface area contributed by atoms with Gasteiger partial charge >= 0.3 is 0 Å². The summed E-state index contributed by atoms with van der Waals surface area (Å²) in [6.45, 7) is 1.78. The Morgan fingerprint density at radius 3 is 2.65 bits per heavy atom. The van der Waals surface area contributed by atoms with Gasteiger partial charge in [-0.15, -0.1) is 0 Å². The van der Waals surface area contributed by atoms with Gasteiger partial charge in [-0.25, -0.2) is 8.42 Å². The first-order chi connectivity index (χ1) is 8.00. The molecule has 1 aliphatic heterocycles. The number of halogens is 1. The Bertz CT molecular complexity index is 474. The van der Waals surface area contributed by atoms with E-state index in [1.807, 2.05) is 0 Å². The maximum atomic E-state index is 12.2. The highest BCUT2D eigenvalue weighted by Crippen LogP contribution is 2.19. The summed E-state index contributed by atoms with van der Waals surface area (Å²) >= 11 is 3.30. The van der Waals surface area contributed by atoms with Crippen molar-refractivity contribution in [1.29, 1.82) is 0 Å². The lowest BCUT2D eigenvalue weighted by molar-refractivity contribution is 0.0729. The number of aromatic nitrogens is 2. The highest BCUT2D eigenvalue weighted by Gasteiger charge is 2.26. The molecule has 0 aromatic carbocycles. The van der Waals surface area contributed by atoms with Crippen LogP contribution >= 0.6 is 15.9 Å². The second-order valence-corrected chi connectivity index (χ2v) is 6.65. The molecule has 0 radical (unpaired) electrons. The van der Waals surface area contributed by atoms with Crippen molar-refractivity contribution in [3.05, 3.63) is 16.4 Å². The zero-order valence-electron chi connectivity index (χ0n) is 9.47. The molecule has 0 bridgehead atoms. The first-order valence-corrected chi connectivity index (χ1v) is 7.63. The van der Waals surface area contributed by atoms with Crippen molar-refractivity contribution >= 4 is 26.0 Å². The topological polar surface area (TPSA) is 64.4 Å². The minimum atomic E-state index is -3.29. The Balaban J connectivity index is 2.17. The van der Waals surface area contributed by atoms with Gasteiger partial charge in [0, 0.05) is 20.1 Å². The molecule has 1 saturated heterocycles. The van der Waals surface area contributed by atoms with Crippen LogP contribution in [0.2, 0.25) is 0 Å². The Kier molecular flexibility index (Phi) is 3.86. The summed E-state index contributed by atoms with van der Waals surface area (Å²) in [6, 6.07) is 0. The SMILES string of the molecule is Cn1ncc(Br)c1CS(=O)(=O)N1CCOCC1. The van der Waals surface area contributed by atoms with Crippen molar-refractivity contribution in [1.82, 2.24) is 14.1 Å². The maximum absolute atomic E-state index is 12.2. The van der Waals surface area contributed by atoms with Crippen LogP contribution in [0.25, 0.3) is 0 Å². The molecule has 0 spiro atoms. The van der Waals surface area contributed by atoms with E-state index in [2.05, 4.69) is 21.0 Å². The highest BCUT2D eigenvalue weighted by molar-refractivity contribution is 9.10. The normalized spacial score (nSPS) is 18.5. The third kappa shape index (κ3) is 2.87. The largest absolute Gasteiger partial charge is 0.379 e. The predicted molar refractivity (Wildman–Crippen MR) is 65.9 cm³/mol. The lowest BCUT2D eigenvalue weighted by Gasteiger charge is -2.26.